The van der Waals surface area contributed by atoms with Crippen molar-refractivity contribution in [2.24, 2.45) is 0 Å². The first-order valence-corrected chi connectivity index (χ1v) is 14.1. The van der Waals surface area contributed by atoms with Gasteiger partial charge in [-0.05, 0) is 73.2 Å². The monoisotopic (exact) mass is 598 g/mol. The van der Waals surface area contributed by atoms with Gasteiger partial charge >= 0.3 is 6.18 Å². The van der Waals surface area contributed by atoms with Crippen molar-refractivity contribution in [2.45, 2.75) is 13.1 Å². The van der Waals surface area contributed by atoms with Gasteiger partial charge in [0, 0.05) is 43.1 Å². The minimum Gasteiger partial charge on any atom is -0.307 e. The average Bonchev–Trinajstić information content (AvgIpc) is 3.03. The van der Waals surface area contributed by atoms with E-state index in [4.69, 9.17) is 0 Å². The lowest BCUT2D eigenvalue weighted by Crippen LogP contribution is -2.18. The number of aryl methyl sites for hydroxylation is 1. The second-order valence-electron chi connectivity index (χ2n) is 11.5. The van der Waals surface area contributed by atoms with Gasteiger partial charge in [0.15, 0.2) is 21.7 Å². The van der Waals surface area contributed by atoms with Crippen molar-refractivity contribution in [1.29, 1.82) is 0 Å². The van der Waals surface area contributed by atoms with E-state index in [0.29, 0.717) is 49.3 Å². The zero-order chi connectivity index (χ0) is 31.1. The third-order valence-corrected chi connectivity index (χ3v) is 8.98. The fraction of sp³-hybridized carbons (Fsp3) is 0.0556. The summed E-state index contributed by atoms with van der Waals surface area (Å²) in [5.41, 5.74) is -0.184. The van der Waals surface area contributed by atoms with Crippen LogP contribution in [0.2, 0.25) is 0 Å². The molecule has 0 aliphatic heterocycles. The van der Waals surface area contributed by atoms with Crippen molar-refractivity contribution in [3.05, 3.63) is 137 Å². The van der Waals surface area contributed by atoms with Crippen molar-refractivity contribution < 1.29 is 13.2 Å². The van der Waals surface area contributed by atoms with E-state index in [9.17, 15) is 32.3 Å². The summed E-state index contributed by atoms with van der Waals surface area (Å²) in [5, 5.41) is 0.985. The number of benzene rings is 5. The summed E-state index contributed by atoms with van der Waals surface area (Å²) in [6.45, 7) is 1.79. The van der Waals surface area contributed by atoms with Gasteiger partial charge in [0.05, 0.1) is 38.7 Å². The van der Waals surface area contributed by atoms with Gasteiger partial charge < -0.3 is 8.80 Å². The Morgan fingerprint density at radius 1 is 0.467 bits per heavy atom. The lowest BCUT2D eigenvalue weighted by molar-refractivity contribution is -0.137. The standard InChI is InChI=1S/C36H17F3N2O4/c1-16-10-22-30-23(11-16)34(44)20-14-21-29(15-28(20)40(30)26-8-4-2-6-18(26)32(22)42)41-27-9-5-3-7-19(27)33(43)24-12-17(36(37,38)39)13-25(31(24)41)35(21)45/h2-15H,1H3. The first-order valence-electron chi connectivity index (χ1n) is 14.1. The maximum absolute atomic E-state index is 14.1. The second-order valence-corrected chi connectivity index (χ2v) is 11.5. The number of hydrogen-bond donors (Lipinski definition) is 0. The van der Waals surface area contributed by atoms with Gasteiger partial charge in [0.1, 0.15) is 0 Å². The fourth-order valence-electron chi connectivity index (χ4n) is 7.11. The molecule has 6 nitrogen and oxygen atoms in total. The van der Waals surface area contributed by atoms with Gasteiger partial charge in [0.25, 0.3) is 0 Å². The molecule has 0 atom stereocenters. The zero-order valence-electron chi connectivity index (χ0n) is 23.2. The highest BCUT2D eigenvalue weighted by molar-refractivity contribution is 6.13. The molecular weight excluding hydrogens is 581 g/mol. The fourth-order valence-corrected chi connectivity index (χ4v) is 7.11. The molecule has 216 valence electrons. The molecule has 0 amide bonds. The molecule has 0 bridgehead atoms. The summed E-state index contributed by atoms with van der Waals surface area (Å²) in [6, 6.07) is 21.7. The Hall–Kier alpha value is -5.83. The molecule has 0 saturated heterocycles. The molecule has 5 aromatic carbocycles. The molecule has 0 radical (unpaired) electrons. The van der Waals surface area contributed by atoms with Crippen LogP contribution >= 0.6 is 0 Å². The van der Waals surface area contributed by atoms with E-state index in [2.05, 4.69) is 0 Å². The Morgan fingerprint density at radius 3 is 1.31 bits per heavy atom. The minimum absolute atomic E-state index is 0.0294. The van der Waals surface area contributed by atoms with Crippen LogP contribution in [0.15, 0.2) is 104 Å². The molecule has 0 N–H and O–H groups in total. The number of alkyl halides is 3. The molecule has 0 saturated carbocycles. The summed E-state index contributed by atoms with van der Waals surface area (Å²) < 4.78 is 45.6. The molecule has 9 heteroatoms. The van der Waals surface area contributed by atoms with Crippen LogP contribution in [0, 0.1) is 6.92 Å². The molecule has 9 aromatic rings. The molecule has 45 heavy (non-hydrogen) atoms. The van der Waals surface area contributed by atoms with Gasteiger partial charge in [-0.2, -0.15) is 13.2 Å². The van der Waals surface area contributed by atoms with Crippen LogP contribution < -0.4 is 21.7 Å². The number of para-hydroxylation sites is 2. The first-order chi connectivity index (χ1) is 21.5. The summed E-state index contributed by atoms with van der Waals surface area (Å²) >= 11 is 0. The third kappa shape index (κ3) is 3.14. The largest absolute Gasteiger partial charge is 0.416 e. The van der Waals surface area contributed by atoms with Gasteiger partial charge in [-0.3, -0.25) is 19.2 Å². The van der Waals surface area contributed by atoms with Crippen LogP contribution in [0.1, 0.15) is 11.1 Å². The molecule has 0 fully saturated rings. The molecule has 9 rings (SSSR count). The summed E-state index contributed by atoms with van der Waals surface area (Å²) in [5.74, 6) is 0. The van der Waals surface area contributed by atoms with Crippen molar-refractivity contribution in [3.63, 3.8) is 0 Å². The molecule has 0 spiro atoms. The van der Waals surface area contributed by atoms with E-state index in [1.54, 1.807) is 72.0 Å². The predicted molar refractivity (Wildman–Crippen MR) is 171 cm³/mol. The van der Waals surface area contributed by atoms with Crippen molar-refractivity contribution in [1.82, 2.24) is 8.80 Å². The van der Waals surface area contributed by atoms with E-state index in [1.165, 1.54) is 12.1 Å². The third-order valence-electron chi connectivity index (χ3n) is 8.98. The predicted octanol–water partition coefficient (Wildman–Crippen LogP) is 6.75. The maximum Gasteiger partial charge on any atom is 0.416 e. The van der Waals surface area contributed by atoms with Gasteiger partial charge in [-0.15, -0.1) is 0 Å². The number of pyridine rings is 4. The lowest BCUT2D eigenvalue weighted by atomic mass is 9.97. The van der Waals surface area contributed by atoms with E-state index in [0.717, 1.165) is 12.1 Å². The van der Waals surface area contributed by atoms with Crippen molar-refractivity contribution in [2.75, 3.05) is 0 Å². The van der Waals surface area contributed by atoms with Crippen LogP contribution in [-0.4, -0.2) is 8.80 Å². The van der Waals surface area contributed by atoms with Crippen LogP contribution in [0.25, 0.3) is 76.2 Å². The molecule has 4 heterocycles. The number of fused-ring (bicyclic) bond motifs is 8. The number of aromatic nitrogens is 2. The highest BCUT2D eigenvalue weighted by Gasteiger charge is 2.33. The van der Waals surface area contributed by atoms with Crippen LogP contribution in [0.4, 0.5) is 13.2 Å². The van der Waals surface area contributed by atoms with E-state index >= 15 is 0 Å². The Labute approximate surface area is 248 Å². The van der Waals surface area contributed by atoms with Crippen LogP contribution in [0.3, 0.4) is 0 Å². The maximum atomic E-state index is 14.1. The number of rotatable bonds is 0. The summed E-state index contributed by atoms with van der Waals surface area (Å²) in [6.07, 6.45) is -4.81. The van der Waals surface area contributed by atoms with E-state index in [1.807, 2.05) is 4.40 Å². The van der Waals surface area contributed by atoms with Crippen LogP contribution in [-0.2, 0) is 6.18 Å². The number of halogens is 3. The highest BCUT2D eigenvalue weighted by atomic mass is 19.4. The second kappa shape index (κ2) is 8.21. The Kier molecular flexibility index (Phi) is 4.68. The van der Waals surface area contributed by atoms with Gasteiger partial charge in [0.2, 0.25) is 0 Å². The Morgan fingerprint density at radius 2 is 0.867 bits per heavy atom. The minimum atomic E-state index is -4.81. The average molecular weight is 599 g/mol. The summed E-state index contributed by atoms with van der Waals surface area (Å²) in [7, 11) is 0. The van der Waals surface area contributed by atoms with E-state index in [-0.39, 0.29) is 37.9 Å². The molecular formula is C36H17F3N2O4. The number of nitrogens with zero attached hydrogens (tertiary/aromatic N) is 2. The van der Waals surface area contributed by atoms with Crippen molar-refractivity contribution >= 4 is 76.2 Å². The smallest absolute Gasteiger partial charge is 0.307 e. The first kappa shape index (κ1) is 25.6. The molecule has 0 unspecified atom stereocenters. The lowest BCUT2D eigenvalue weighted by Gasteiger charge is -2.18. The van der Waals surface area contributed by atoms with Gasteiger partial charge in [-0.25, -0.2) is 0 Å². The topological polar surface area (TPSA) is 77.1 Å². The molecule has 0 aliphatic carbocycles. The molecule has 0 aliphatic rings. The normalized spacial score (nSPS) is 12.8. The SMILES string of the molecule is Cc1cc2c(=O)c3ccccc3n3c4cc5c(cc4c(=O)c(c1)c23)c(=O)c1cc(C(F)(F)F)cc2c(=O)c3ccccc3n5c21. The van der Waals surface area contributed by atoms with E-state index < -0.39 is 28.0 Å². The Balaban J connectivity index is 1.66. The quantitative estimate of drug-likeness (QED) is 0.143. The Bertz CT molecular complexity index is 3070. The van der Waals surface area contributed by atoms with Crippen LogP contribution in [0.5, 0.6) is 0 Å². The molecule has 4 aromatic heterocycles. The van der Waals surface area contributed by atoms with Crippen molar-refractivity contribution in [3.8, 4) is 0 Å². The number of hydrogen-bond acceptors (Lipinski definition) is 4. The highest BCUT2D eigenvalue weighted by Crippen LogP contribution is 2.36. The zero-order valence-corrected chi connectivity index (χ0v) is 23.2. The van der Waals surface area contributed by atoms with Gasteiger partial charge in [-0.1, -0.05) is 24.3 Å². The summed E-state index contributed by atoms with van der Waals surface area (Å²) in [4.78, 5) is 55.5.